The normalized spacial score (nSPS) is 22.0. The summed E-state index contributed by atoms with van der Waals surface area (Å²) < 4.78 is 0. The van der Waals surface area contributed by atoms with Crippen LogP contribution in [0.4, 0.5) is 16.2 Å². The SMILES string of the molecule is NC(=O)Nc1cc(Cl)c(O)cc1N1CC(NC2CCN(Cc3ccc(Cl)cc3)CC2)[C@H](O)C1. The van der Waals surface area contributed by atoms with Crippen molar-refractivity contribution in [3.05, 3.63) is 52.0 Å². The predicted molar refractivity (Wildman–Crippen MR) is 131 cm³/mol. The fourth-order valence-corrected chi connectivity index (χ4v) is 4.89. The number of carbonyl (C=O) groups is 1. The standard InChI is InChI=1S/C23H29Cl2N5O3/c24-15-3-1-14(2-4-15)11-29-7-5-16(6-8-29)27-19-12-30(13-22(19)32)20-10-21(31)17(25)9-18(20)28-23(26)33/h1-4,9-10,16,19,22,27,31-32H,5-8,11-13H2,(H3,26,28,33)/t19?,22-/m1/s1. The van der Waals surface area contributed by atoms with Crippen molar-refractivity contribution in [2.75, 3.05) is 36.4 Å². The van der Waals surface area contributed by atoms with E-state index in [1.165, 1.54) is 17.7 Å². The summed E-state index contributed by atoms with van der Waals surface area (Å²) in [6.45, 7) is 3.75. The van der Waals surface area contributed by atoms with Gasteiger partial charge in [-0.3, -0.25) is 4.90 Å². The summed E-state index contributed by atoms with van der Waals surface area (Å²) in [5, 5.41) is 27.8. The Morgan fingerprint density at radius 1 is 1.12 bits per heavy atom. The number of hydrogen-bond donors (Lipinski definition) is 5. The minimum absolute atomic E-state index is 0.0966. The van der Waals surface area contributed by atoms with Crippen LogP contribution in [0.3, 0.4) is 0 Å². The molecule has 2 aliphatic heterocycles. The highest BCUT2D eigenvalue weighted by molar-refractivity contribution is 6.32. The highest BCUT2D eigenvalue weighted by atomic mass is 35.5. The summed E-state index contributed by atoms with van der Waals surface area (Å²) in [4.78, 5) is 15.7. The first-order valence-electron chi connectivity index (χ1n) is 11.0. The summed E-state index contributed by atoms with van der Waals surface area (Å²) in [5.74, 6) is -0.0966. The molecule has 33 heavy (non-hydrogen) atoms. The number of aliphatic hydroxyl groups is 1. The molecule has 2 saturated heterocycles. The average molecular weight is 494 g/mol. The number of halogens is 2. The fourth-order valence-electron chi connectivity index (χ4n) is 4.60. The molecule has 0 bridgehead atoms. The molecule has 0 radical (unpaired) electrons. The molecular formula is C23H29Cl2N5O3. The van der Waals surface area contributed by atoms with Crippen LogP contribution in [-0.2, 0) is 6.54 Å². The zero-order chi connectivity index (χ0) is 23.5. The summed E-state index contributed by atoms with van der Waals surface area (Å²) >= 11 is 12.0. The van der Waals surface area contributed by atoms with Crippen molar-refractivity contribution < 1.29 is 15.0 Å². The lowest BCUT2D eigenvalue weighted by molar-refractivity contribution is 0.136. The van der Waals surface area contributed by atoms with E-state index >= 15 is 0 Å². The Labute approximate surface area is 203 Å². The number of carbonyl (C=O) groups excluding carboxylic acids is 1. The average Bonchev–Trinajstić information content (AvgIpc) is 3.13. The lowest BCUT2D eigenvalue weighted by Gasteiger charge is -2.34. The molecule has 2 fully saturated rings. The van der Waals surface area contributed by atoms with Crippen LogP contribution in [0.2, 0.25) is 10.0 Å². The van der Waals surface area contributed by atoms with E-state index in [0.717, 1.165) is 37.5 Å². The summed E-state index contributed by atoms with van der Waals surface area (Å²) in [6, 6.07) is 10.4. The number of hydrogen-bond acceptors (Lipinski definition) is 6. The number of β-amino-alcohol motifs (C(OH)–C–C–N with tert-alkyl or cyclic N) is 1. The Morgan fingerprint density at radius 3 is 2.48 bits per heavy atom. The molecule has 0 saturated carbocycles. The second-order valence-corrected chi connectivity index (χ2v) is 9.58. The van der Waals surface area contributed by atoms with Gasteiger partial charge in [-0.2, -0.15) is 0 Å². The van der Waals surface area contributed by atoms with Crippen LogP contribution in [0, 0.1) is 0 Å². The van der Waals surface area contributed by atoms with Gasteiger partial charge < -0.3 is 31.5 Å². The molecule has 2 aromatic carbocycles. The van der Waals surface area contributed by atoms with Crippen molar-refractivity contribution in [3.8, 4) is 5.75 Å². The molecule has 10 heteroatoms. The van der Waals surface area contributed by atoms with Crippen molar-refractivity contribution in [1.29, 1.82) is 0 Å². The second kappa shape index (κ2) is 10.4. The molecular weight excluding hydrogens is 465 g/mol. The van der Waals surface area contributed by atoms with Gasteiger partial charge >= 0.3 is 6.03 Å². The van der Waals surface area contributed by atoms with Crippen LogP contribution in [-0.4, -0.2) is 65.5 Å². The van der Waals surface area contributed by atoms with Crippen LogP contribution in [0.5, 0.6) is 5.75 Å². The molecule has 2 aromatic rings. The molecule has 1 unspecified atom stereocenters. The van der Waals surface area contributed by atoms with Gasteiger partial charge in [0.1, 0.15) is 5.75 Å². The van der Waals surface area contributed by atoms with E-state index in [4.69, 9.17) is 28.9 Å². The van der Waals surface area contributed by atoms with Gasteiger partial charge in [0.15, 0.2) is 0 Å². The van der Waals surface area contributed by atoms with E-state index in [9.17, 15) is 15.0 Å². The first-order valence-corrected chi connectivity index (χ1v) is 11.8. The van der Waals surface area contributed by atoms with E-state index in [1.54, 1.807) is 0 Å². The maximum atomic E-state index is 11.4. The Bertz CT molecular complexity index is 983. The van der Waals surface area contributed by atoms with Crippen LogP contribution in [0.15, 0.2) is 36.4 Å². The fraction of sp³-hybridized carbons (Fsp3) is 0.435. The van der Waals surface area contributed by atoms with Crippen molar-refractivity contribution in [2.24, 2.45) is 5.73 Å². The van der Waals surface area contributed by atoms with Gasteiger partial charge in [-0.1, -0.05) is 35.3 Å². The third kappa shape index (κ3) is 6.02. The van der Waals surface area contributed by atoms with Crippen LogP contribution < -0.4 is 21.3 Å². The third-order valence-corrected chi connectivity index (χ3v) is 6.86. The first kappa shape index (κ1) is 23.9. The zero-order valence-corrected chi connectivity index (χ0v) is 19.7. The molecule has 8 nitrogen and oxygen atoms in total. The number of phenolic OH excluding ortho intramolecular Hbond substituents is 1. The van der Waals surface area contributed by atoms with Gasteiger partial charge in [0.25, 0.3) is 0 Å². The Kier molecular flexibility index (Phi) is 7.51. The van der Waals surface area contributed by atoms with Crippen molar-refractivity contribution >= 4 is 40.6 Å². The Balaban J connectivity index is 1.33. The molecule has 4 rings (SSSR count). The molecule has 2 heterocycles. The quantitative estimate of drug-likeness (QED) is 0.395. The highest BCUT2D eigenvalue weighted by Crippen LogP contribution is 2.37. The van der Waals surface area contributed by atoms with Crippen molar-refractivity contribution in [3.63, 3.8) is 0 Å². The predicted octanol–water partition coefficient (Wildman–Crippen LogP) is 2.99. The van der Waals surface area contributed by atoms with Crippen LogP contribution in [0.25, 0.3) is 0 Å². The zero-order valence-electron chi connectivity index (χ0n) is 18.2. The van der Waals surface area contributed by atoms with Gasteiger partial charge in [0.05, 0.1) is 28.5 Å². The van der Waals surface area contributed by atoms with Crippen LogP contribution in [0.1, 0.15) is 18.4 Å². The van der Waals surface area contributed by atoms with E-state index in [1.807, 2.05) is 17.0 Å². The number of anilines is 2. The highest BCUT2D eigenvalue weighted by Gasteiger charge is 2.35. The number of nitrogens with zero attached hydrogens (tertiary/aromatic N) is 2. The van der Waals surface area contributed by atoms with Gasteiger partial charge in [0.2, 0.25) is 0 Å². The number of nitrogens with two attached hydrogens (primary N) is 1. The maximum Gasteiger partial charge on any atom is 0.316 e. The van der Waals surface area contributed by atoms with Gasteiger partial charge in [-0.05, 0) is 49.7 Å². The molecule has 0 spiro atoms. The summed E-state index contributed by atoms with van der Waals surface area (Å²) in [7, 11) is 0. The number of likely N-dealkylation sites (tertiary alicyclic amines) is 1. The minimum atomic E-state index is -0.724. The maximum absolute atomic E-state index is 11.4. The molecule has 2 aliphatic rings. The lowest BCUT2D eigenvalue weighted by Crippen LogP contribution is -2.49. The van der Waals surface area contributed by atoms with E-state index < -0.39 is 12.1 Å². The number of benzene rings is 2. The molecule has 0 aliphatic carbocycles. The number of rotatable bonds is 6. The summed E-state index contributed by atoms with van der Waals surface area (Å²) in [6.07, 6.45) is 1.40. The molecule has 2 amide bonds. The number of urea groups is 1. The first-order chi connectivity index (χ1) is 15.8. The molecule has 2 atom stereocenters. The van der Waals surface area contributed by atoms with Crippen LogP contribution >= 0.6 is 23.2 Å². The number of piperidine rings is 1. The number of nitrogens with one attached hydrogen (secondary N) is 2. The Morgan fingerprint density at radius 2 is 1.82 bits per heavy atom. The molecule has 0 aromatic heterocycles. The Hall–Kier alpha value is -2.23. The number of aromatic hydroxyl groups is 1. The number of phenols is 1. The number of aliphatic hydroxyl groups excluding tert-OH is 1. The molecule has 6 N–H and O–H groups in total. The third-order valence-electron chi connectivity index (χ3n) is 6.31. The molecule has 178 valence electrons. The van der Waals surface area contributed by atoms with Gasteiger partial charge in [-0.15, -0.1) is 0 Å². The largest absolute Gasteiger partial charge is 0.506 e. The summed E-state index contributed by atoms with van der Waals surface area (Å²) in [5.41, 5.74) is 7.49. The van der Waals surface area contributed by atoms with Crippen molar-refractivity contribution in [2.45, 2.75) is 37.6 Å². The number of primary amides is 1. The smallest absolute Gasteiger partial charge is 0.316 e. The van der Waals surface area contributed by atoms with E-state index in [-0.39, 0.29) is 16.8 Å². The number of amides is 2. The van der Waals surface area contributed by atoms with Gasteiger partial charge in [0, 0.05) is 36.8 Å². The van der Waals surface area contributed by atoms with Crippen molar-refractivity contribution in [1.82, 2.24) is 10.2 Å². The van der Waals surface area contributed by atoms with E-state index in [2.05, 4.69) is 27.7 Å². The van der Waals surface area contributed by atoms with E-state index in [0.29, 0.717) is 30.5 Å². The lowest BCUT2D eigenvalue weighted by atomic mass is 10.0. The topological polar surface area (TPSA) is 114 Å². The monoisotopic (exact) mass is 493 g/mol. The second-order valence-electron chi connectivity index (χ2n) is 8.73. The van der Waals surface area contributed by atoms with Gasteiger partial charge in [-0.25, -0.2) is 4.79 Å². The minimum Gasteiger partial charge on any atom is -0.506 e.